The van der Waals surface area contributed by atoms with Gasteiger partial charge in [-0.3, -0.25) is 0 Å². The molecule has 0 bridgehead atoms. The lowest BCUT2D eigenvalue weighted by Gasteiger charge is -2.23. The number of nitrogens with two attached hydrogens (primary N) is 1. The van der Waals surface area contributed by atoms with Crippen molar-refractivity contribution in [3.05, 3.63) is 22.2 Å². The molecule has 1 saturated heterocycles. The lowest BCUT2D eigenvalue weighted by Crippen LogP contribution is -3.14. The molecule has 0 amide bonds. The third-order valence-corrected chi connectivity index (χ3v) is 4.40. The Hall–Kier alpha value is -0.790. The predicted molar refractivity (Wildman–Crippen MR) is 96.1 cm³/mol. The molecule has 22 heavy (non-hydrogen) atoms. The molecule has 1 aliphatic heterocycles. The number of halogens is 2. The van der Waals surface area contributed by atoms with E-state index in [9.17, 15) is 0 Å². The molecule has 122 valence electrons. The summed E-state index contributed by atoms with van der Waals surface area (Å²) >= 11 is 17.2. The van der Waals surface area contributed by atoms with E-state index >= 15 is 0 Å². The van der Waals surface area contributed by atoms with Crippen molar-refractivity contribution >= 4 is 51.9 Å². The molecule has 0 saturated carbocycles. The quantitative estimate of drug-likeness (QED) is 0.359. The predicted octanol–water partition coefficient (Wildman–Crippen LogP) is 1.17. The smallest absolute Gasteiger partial charge is 0.170 e. The maximum absolute atomic E-state index is 5.99. The molecule has 0 atom stereocenters. The van der Waals surface area contributed by atoms with Crippen LogP contribution >= 0.6 is 35.4 Å². The highest BCUT2D eigenvalue weighted by Crippen LogP contribution is 2.30. The molecule has 5 N–H and O–H groups in total. The molecule has 0 spiro atoms. The first-order valence-electron chi connectivity index (χ1n) is 7.27. The van der Waals surface area contributed by atoms with Gasteiger partial charge in [-0.25, -0.2) is 0 Å². The van der Waals surface area contributed by atoms with E-state index in [-0.39, 0.29) is 0 Å². The Morgan fingerprint density at radius 3 is 2.55 bits per heavy atom. The van der Waals surface area contributed by atoms with Gasteiger partial charge in [0.2, 0.25) is 0 Å². The van der Waals surface area contributed by atoms with Gasteiger partial charge in [-0.05, 0) is 24.4 Å². The van der Waals surface area contributed by atoms with Gasteiger partial charge in [0.05, 0.1) is 35.5 Å². The van der Waals surface area contributed by atoms with Crippen LogP contribution in [0, 0.1) is 0 Å². The molecule has 1 heterocycles. The van der Waals surface area contributed by atoms with Crippen LogP contribution in [-0.4, -0.2) is 44.5 Å². The van der Waals surface area contributed by atoms with Crippen LogP contribution in [-0.2, 0) is 4.74 Å². The van der Waals surface area contributed by atoms with Gasteiger partial charge < -0.3 is 26.0 Å². The van der Waals surface area contributed by atoms with Crippen LogP contribution in [0.5, 0.6) is 0 Å². The average Bonchev–Trinajstić information content (AvgIpc) is 2.50. The summed E-state index contributed by atoms with van der Waals surface area (Å²) in [5, 5.41) is 7.61. The van der Waals surface area contributed by atoms with Gasteiger partial charge in [0.25, 0.3) is 0 Å². The number of hydrogen-bond donors (Lipinski definition) is 4. The normalized spacial score (nSPS) is 15.5. The molecule has 0 radical (unpaired) electrons. The molecule has 1 aliphatic rings. The number of morpholine rings is 1. The lowest BCUT2D eigenvalue weighted by atomic mass is 10.3. The summed E-state index contributed by atoms with van der Waals surface area (Å²) in [6, 6.07) is 3.41. The fraction of sp³-hybridized carbons (Fsp3) is 0.500. The fourth-order valence-electron chi connectivity index (χ4n) is 2.28. The van der Waals surface area contributed by atoms with Crippen LogP contribution in [0.1, 0.15) is 6.42 Å². The Balaban J connectivity index is 1.69. The summed E-state index contributed by atoms with van der Waals surface area (Å²) in [6.07, 6.45) is 1.06. The minimum Gasteiger partial charge on any atom is -0.396 e. The Labute approximate surface area is 146 Å². The van der Waals surface area contributed by atoms with E-state index in [0.717, 1.165) is 51.5 Å². The number of ether oxygens (including phenoxy) is 1. The number of anilines is 2. The second-order valence-corrected chi connectivity index (χ2v) is 6.42. The fourth-order valence-corrected chi connectivity index (χ4v) is 2.99. The van der Waals surface area contributed by atoms with Gasteiger partial charge in [0.15, 0.2) is 5.11 Å². The molecule has 1 aromatic carbocycles. The number of benzene rings is 1. The monoisotopic (exact) mass is 363 g/mol. The SMILES string of the molecule is Nc1c(Cl)cc(NC(=S)NCCC[NH+]2CCOCC2)cc1Cl. The van der Waals surface area contributed by atoms with E-state index in [1.807, 2.05) is 0 Å². The zero-order chi connectivity index (χ0) is 15.9. The minimum atomic E-state index is 0.376. The maximum atomic E-state index is 5.99. The van der Waals surface area contributed by atoms with Crippen molar-refractivity contribution < 1.29 is 9.64 Å². The van der Waals surface area contributed by atoms with E-state index in [1.165, 1.54) is 0 Å². The Morgan fingerprint density at radius 1 is 1.27 bits per heavy atom. The zero-order valence-electron chi connectivity index (χ0n) is 12.3. The highest BCUT2D eigenvalue weighted by Gasteiger charge is 2.12. The van der Waals surface area contributed by atoms with Gasteiger partial charge in [0, 0.05) is 18.7 Å². The summed E-state index contributed by atoms with van der Waals surface area (Å²) in [5.74, 6) is 0. The largest absolute Gasteiger partial charge is 0.396 e. The van der Waals surface area contributed by atoms with Crippen molar-refractivity contribution in [2.45, 2.75) is 6.42 Å². The van der Waals surface area contributed by atoms with Gasteiger partial charge in [-0.1, -0.05) is 23.2 Å². The van der Waals surface area contributed by atoms with Crippen molar-refractivity contribution in [2.75, 3.05) is 50.4 Å². The van der Waals surface area contributed by atoms with Gasteiger partial charge in [-0.15, -0.1) is 0 Å². The molecular weight excluding hydrogens is 343 g/mol. The van der Waals surface area contributed by atoms with E-state index < -0.39 is 0 Å². The molecule has 2 rings (SSSR count). The average molecular weight is 364 g/mol. The third-order valence-electron chi connectivity index (χ3n) is 3.53. The van der Waals surface area contributed by atoms with Crippen molar-refractivity contribution in [3.63, 3.8) is 0 Å². The number of thiocarbonyl (C=S) groups is 1. The summed E-state index contributed by atoms with van der Waals surface area (Å²) < 4.78 is 5.34. The molecule has 5 nitrogen and oxygen atoms in total. The van der Waals surface area contributed by atoms with Crippen molar-refractivity contribution in [1.82, 2.24) is 5.32 Å². The summed E-state index contributed by atoms with van der Waals surface area (Å²) in [5.41, 5.74) is 6.80. The maximum Gasteiger partial charge on any atom is 0.170 e. The first-order chi connectivity index (χ1) is 10.6. The second-order valence-electron chi connectivity index (χ2n) is 5.20. The van der Waals surface area contributed by atoms with Crippen LogP contribution in [0.2, 0.25) is 10.0 Å². The van der Waals surface area contributed by atoms with E-state index in [0.29, 0.717) is 20.8 Å². The first-order valence-corrected chi connectivity index (χ1v) is 8.43. The summed E-state index contributed by atoms with van der Waals surface area (Å²) in [6.45, 7) is 5.85. The Kier molecular flexibility index (Phi) is 6.98. The summed E-state index contributed by atoms with van der Waals surface area (Å²) in [4.78, 5) is 1.59. The number of nitrogen functional groups attached to an aromatic ring is 1. The standard InChI is InChI=1S/C14H20Cl2N4OS/c15-11-8-10(9-12(16)13(11)17)19-14(22)18-2-1-3-20-4-6-21-7-5-20/h8-9H,1-7,17H2,(H2,18,19,22)/p+1. The molecule has 1 fully saturated rings. The first kappa shape index (κ1) is 17.6. The molecule has 0 unspecified atom stereocenters. The van der Waals surface area contributed by atoms with Gasteiger partial charge in [-0.2, -0.15) is 0 Å². The molecule has 8 heteroatoms. The van der Waals surface area contributed by atoms with Crippen LogP contribution in [0.25, 0.3) is 0 Å². The number of hydrogen-bond acceptors (Lipinski definition) is 3. The van der Waals surface area contributed by atoms with Crippen molar-refractivity contribution in [3.8, 4) is 0 Å². The topological polar surface area (TPSA) is 63.8 Å². The number of rotatable bonds is 5. The van der Waals surface area contributed by atoms with Crippen molar-refractivity contribution in [2.24, 2.45) is 0 Å². The van der Waals surface area contributed by atoms with E-state index in [4.69, 9.17) is 45.9 Å². The van der Waals surface area contributed by atoms with Crippen LogP contribution < -0.4 is 21.3 Å². The molecule has 0 aliphatic carbocycles. The zero-order valence-corrected chi connectivity index (χ0v) is 14.6. The second kappa shape index (κ2) is 8.74. The Bertz CT molecular complexity index is 501. The highest BCUT2D eigenvalue weighted by molar-refractivity contribution is 7.80. The van der Waals surface area contributed by atoms with Crippen LogP contribution in [0.15, 0.2) is 12.1 Å². The molecule has 1 aromatic rings. The lowest BCUT2D eigenvalue weighted by molar-refractivity contribution is -0.908. The van der Waals surface area contributed by atoms with Gasteiger partial charge >= 0.3 is 0 Å². The Morgan fingerprint density at radius 2 is 1.91 bits per heavy atom. The third kappa shape index (κ3) is 5.44. The van der Waals surface area contributed by atoms with Crippen LogP contribution in [0.3, 0.4) is 0 Å². The number of quaternary nitrogens is 1. The van der Waals surface area contributed by atoms with Gasteiger partial charge in [0.1, 0.15) is 13.1 Å². The minimum absolute atomic E-state index is 0.376. The summed E-state index contributed by atoms with van der Waals surface area (Å²) in [7, 11) is 0. The molecule has 0 aromatic heterocycles. The van der Waals surface area contributed by atoms with E-state index in [1.54, 1.807) is 17.0 Å². The van der Waals surface area contributed by atoms with Crippen molar-refractivity contribution in [1.29, 1.82) is 0 Å². The number of nitrogens with one attached hydrogen (secondary N) is 3. The highest BCUT2D eigenvalue weighted by atomic mass is 35.5. The van der Waals surface area contributed by atoms with E-state index in [2.05, 4.69) is 10.6 Å². The molecular formula is C14H21Cl2N4OS+. The van der Waals surface area contributed by atoms with Crippen LogP contribution in [0.4, 0.5) is 11.4 Å².